The Morgan fingerprint density at radius 2 is 2.27 bits per heavy atom. The van der Waals surface area contributed by atoms with Crippen LogP contribution in [0.2, 0.25) is 0 Å². The maximum absolute atomic E-state index is 12.2. The molecule has 0 unspecified atom stereocenters. The third kappa shape index (κ3) is 3.77. The van der Waals surface area contributed by atoms with E-state index in [-0.39, 0.29) is 18.4 Å². The normalized spacial score (nSPS) is 11.7. The first-order valence-electron chi connectivity index (χ1n) is 7.93. The smallest absolute Gasteiger partial charge is 0.338 e. The van der Waals surface area contributed by atoms with E-state index in [9.17, 15) is 9.59 Å². The molecule has 3 rings (SSSR count). The molecule has 2 aromatic heterocycles. The van der Waals surface area contributed by atoms with Gasteiger partial charge in [-0.25, -0.2) is 14.5 Å². The van der Waals surface area contributed by atoms with E-state index in [0.29, 0.717) is 23.5 Å². The van der Waals surface area contributed by atoms with Crippen LogP contribution in [0.1, 0.15) is 17.3 Å². The summed E-state index contributed by atoms with van der Waals surface area (Å²) < 4.78 is 9.16. The van der Waals surface area contributed by atoms with E-state index >= 15 is 0 Å². The van der Waals surface area contributed by atoms with E-state index in [1.165, 1.54) is 28.7 Å². The van der Waals surface area contributed by atoms with Crippen molar-refractivity contribution in [1.29, 1.82) is 0 Å². The number of allylic oxidation sites excluding steroid dienone is 1. The highest BCUT2D eigenvalue weighted by molar-refractivity contribution is 7.16. The number of hydrogen-bond donors (Lipinski definition) is 0. The largest absolute Gasteiger partial charge is 0.462 e. The first kappa shape index (κ1) is 17.7. The van der Waals surface area contributed by atoms with Gasteiger partial charge in [-0.1, -0.05) is 17.4 Å². The minimum atomic E-state index is -0.376. The molecule has 8 nitrogen and oxygen atoms in total. The van der Waals surface area contributed by atoms with Gasteiger partial charge in [0.2, 0.25) is 0 Å². The first-order valence-corrected chi connectivity index (χ1v) is 8.75. The highest BCUT2D eigenvalue weighted by Crippen LogP contribution is 2.20. The number of ether oxygens (including phenoxy) is 1. The lowest BCUT2D eigenvalue weighted by atomic mass is 10.2. The van der Waals surface area contributed by atoms with Crippen molar-refractivity contribution in [2.45, 2.75) is 20.0 Å². The van der Waals surface area contributed by atoms with Gasteiger partial charge in [0, 0.05) is 6.54 Å². The topological polar surface area (TPSA) is 91.4 Å². The van der Waals surface area contributed by atoms with Gasteiger partial charge in [-0.2, -0.15) is 10.1 Å². The molecule has 1 amide bonds. The van der Waals surface area contributed by atoms with Crippen LogP contribution in [-0.4, -0.2) is 37.8 Å². The van der Waals surface area contributed by atoms with Gasteiger partial charge in [0.25, 0.3) is 5.91 Å². The Hall–Kier alpha value is -3.07. The van der Waals surface area contributed by atoms with Crippen LogP contribution in [-0.2, 0) is 22.6 Å². The van der Waals surface area contributed by atoms with Crippen molar-refractivity contribution >= 4 is 33.4 Å². The molecule has 0 saturated carbocycles. The zero-order chi connectivity index (χ0) is 18.5. The third-order valence-electron chi connectivity index (χ3n) is 3.49. The van der Waals surface area contributed by atoms with Crippen LogP contribution in [0, 0.1) is 0 Å². The minimum absolute atomic E-state index is 0.0103. The second-order valence-electron chi connectivity index (χ2n) is 5.29. The summed E-state index contributed by atoms with van der Waals surface area (Å²) in [4.78, 5) is 32.7. The molecular weight excluding hydrogens is 354 g/mol. The standard InChI is InChI=1S/C17H17N5O3S/c1-3-7-22-13-6-5-12(16(24)25-4-2)8-14(13)26-17(22)20-15(23)9-21-11-18-10-19-21/h3,5-6,8,10-11H,1,4,7,9H2,2H3. The Morgan fingerprint density at radius 3 is 2.96 bits per heavy atom. The molecular formula is C17H17N5O3S. The lowest BCUT2D eigenvalue weighted by Crippen LogP contribution is -2.18. The molecule has 9 heteroatoms. The highest BCUT2D eigenvalue weighted by atomic mass is 32.1. The van der Waals surface area contributed by atoms with Crippen molar-refractivity contribution in [2.75, 3.05) is 6.61 Å². The summed E-state index contributed by atoms with van der Waals surface area (Å²) in [6.07, 6.45) is 4.55. The number of thiazole rings is 1. The first-order chi connectivity index (χ1) is 12.6. The zero-order valence-corrected chi connectivity index (χ0v) is 15.0. The molecule has 0 atom stereocenters. The average Bonchev–Trinajstić information content (AvgIpc) is 3.23. The molecule has 1 aromatic carbocycles. The molecule has 2 heterocycles. The molecule has 0 bridgehead atoms. The van der Waals surface area contributed by atoms with E-state index in [1.807, 2.05) is 10.6 Å². The number of benzene rings is 1. The van der Waals surface area contributed by atoms with Crippen LogP contribution in [0.25, 0.3) is 10.2 Å². The van der Waals surface area contributed by atoms with Crippen molar-refractivity contribution in [1.82, 2.24) is 19.3 Å². The van der Waals surface area contributed by atoms with E-state index < -0.39 is 0 Å². The second kappa shape index (κ2) is 7.87. The summed E-state index contributed by atoms with van der Waals surface area (Å²) in [5.41, 5.74) is 1.34. The number of nitrogens with zero attached hydrogens (tertiary/aromatic N) is 5. The Morgan fingerprint density at radius 1 is 1.42 bits per heavy atom. The molecule has 0 spiro atoms. The summed E-state index contributed by atoms with van der Waals surface area (Å²) >= 11 is 1.33. The van der Waals surface area contributed by atoms with E-state index in [4.69, 9.17) is 4.74 Å². The molecule has 3 aromatic rings. The lowest BCUT2D eigenvalue weighted by Gasteiger charge is -2.03. The Kier molecular flexibility index (Phi) is 5.37. The van der Waals surface area contributed by atoms with Gasteiger partial charge in [0.1, 0.15) is 19.2 Å². The highest BCUT2D eigenvalue weighted by Gasteiger charge is 2.12. The number of rotatable bonds is 6. The number of aromatic nitrogens is 4. The SMILES string of the molecule is C=CCn1c(=NC(=O)Cn2cncn2)sc2cc(C(=O)OCC)ccc21. The van der Waals surface area contributed by atoms with Crippen LogP contribution in [0.3, 0.4) is 0 Å². The fraction of sp³-hybridized carbons (Fsp3) is 0.235. The summed E-state index contributed by atoms with van der Waals surface area (Å²) in [6, 6.07) is 5.27. The summed E-state index contributed by atoms with van der Waals surface area (Å²) in [5.74, 6) is -0.718. The number of esters is 1. The third-order valence-corrected chi connectivity index (χ3v) is 4.53. The molecule has 0 saturated heterocycles. The fourth-order valence-electron chi connectivity index (χ4n) is 2.40. The maximum Gasteiger partial charge on any atom is 0.338 e. The van der Waals surface area contributed by atoms with Crippen molar-refractivity contribution < 1.29 is 14.3 Å². The monoisotopic (exact) mass is 371 g/mol. The minimum Gasteiger partial charge on any atom is -0.462 e. The van der Waals surface area contributed by atoms with Gasteiger partial charge >= 0.3 is 5.97 Å². The van der Waals surface area contributed by atoms with Crippen molar-refractivity contribution in [3.63, 3.8) is 0 Å². The number of fused-ring (bicyclic) bond motifs is 1. The van der Waals surface area contributed by atoms with Crippen LogP contribution >= 0.6 is 11.3 Å². The van der Waals surface area contributed by atoms with Gasteiger partial charge in [-0.3, -0.25) is 4.79 Å². The lowest BCUT2D eigenvalue weighted by molar-refractivity contribution is -0.118. The number of carbonyl (C=O) groups excluding carboxylic acids is 2. The Labute approximate surface area is 153 Å². The number of carbonyl (C=O) groups is 2. The van der Waals surface area contributed by atoms with E-state index in [2.05, 4.69) is 21.7 Å². The fourth-order valence-corrected chi connectivity index (χ4v) is 3.50. The van der Waals surface area contributed by atoms with Gasteiger partial charge in [-0.05, 0) is 25.1 Å². The van der Waals surface area contributed by atoms with Crippen molar-refractivity contribution in [2.24, 2.45) is 4.99 Å². The maximum atomic E-state index is 12.2. The van der Waals surface area contributed by atoms with Gasteiger partial charge in [0.05, 0.1) is 22.4 Å². The average molecular weight is 371 g/mol. The molecule has 0 N–H and O–H groups in total. The Bertz CT molecular complexity index is 1020. The number of hydrogen-bond acceptors (Lipinski definition) is 6. The van der Waals surface area contributed by atoms with E-state index in [1.54, 1.807) is 25.1 Å². The van der Waals surface area contributed by atoms with Crippen molar-refractivity contribution in [3.05, 3.63) is 53.9 Å². The van der Waals surface area contributed by atoms with Crippen LogP contribution in [0.15, 0.2) is 48.5 Å². The summed E-state index contributed by atoms with van der Waals surface area (Å²) in [5, 5.41) is 3.90. The Balaban J connectivity index is 2.01. The van der Waals surface area contributed by atoms with Gasteiger partial charge in [-0.15, -0.1) is 6.58 Å². The van der Waals surface area contributed by atoms with Crippen LogP contribution in [0.5, 0.6) is 0 Å². The molecule has 0 aliphatic heterocycles. The van der Waals surface area contributed by atoms with Crippen molar-refractivity contribution in [3.8, 4) is 0 Å². The molecule has 0 radical (unpaired) electrons. The van der Waals surface area contributed by atoms with Crippen LogP contribution in [0.4, 0.5) is 0 Å². The molecule has 134 valence electrons. The quantitative estimate of drug-likeness (QED) is 0.487. The molecule has 26 heavy (non-hydrogen) atoms. The van der Waals surface area contributed by atoms with Gasteiger partial charge in [0.15, 0.2) is 4.80 Å². The summed E-state index contributed by atoms with van der Waals surface area (Å²) in [7, 11) is 0. The second-order valence-corrected chi connectivity index (χ2v) is 6.29. The molecule has 0 aliphatic rings. The predicted octanol–water partition coefficient (Wildman–Crippen LogP) is 1.78. The van der Waals surface area contributed by atoms with E-state index in [0.717, 1.165) is 10.2 Å². The molecule has 0 fully saturated rings. The van der Waals surface area contributed by atoms with Crippen LogP contribution < -0.4 is 4.80 Å². The zero-order valence-electron chi connectivity index (χ0n) is 14.2. The summed E-state index contributed by atoms with van der Waals surface area (Å²) in [6.45, 7) is 6.33. The number of amides is 1. The predicted molar refractivity (Wildman–Crippen MR) is 96.6 cm³/mol. The molecule has 0 aliphatic carbocycles. The van der Waals surface area contributed by atoms with Gasteiger partial charge < -0.3 is 9.30 Å².